The lowest BCUT2D eigenvalue weighted by molar-refractivity contribution is 0.0928. The lowest BCUT2D eigenvalue weighted by Gasteiger charge is -2.30. The van der Waals surface area contributed by atoms with Gasteiger partial charge in [0.25, 0.3) is 10.2 Å². The van der Waals surface area contributed by atoms with Crippen molar-refractivity contribution in [3.05, 3.63) is 23.7 Å². The molecule has 2 atom stereocenters. The van der Waals surface area contributed by atoms with E-state index in [4.69, 9.17) is 9.15 Å². The van der Waals surface area contributed by atoms with Crippen molar-refractivity contribution in [2.45, 2.75) is 51.7 Å². The van der Waals surface area contributed by atoms with E-state index in [0.717, 1.165) is 43.8 Å². The molecule has 7 heteroatoms. The van der Waals surface area contributed by atoms with Crippen molar-refractivity contribution in [1.29, 1.82) is 0 Å². The number of rotatable bonds is 6. The smallest absolute Gasteiger partial charge is 0.282 e. The highest BCUT2D eigenvalue weighted by atomic mass is 32.2. The van der Waals surface area contributed by atoms with E-state index >= 15 is 0 Å². The zero-order chi connectivity index (χ0) is 16.4. The average Bonchev–Trinajstić information content (AvgIpc) is 3.25. The van der Waals surface area contributed by atoms with Gasteiger partial charge in [-0.3, -0.25) is 0 Å². The van der Waals surface area contributed by atoms with Gasteiger partial charge in [0.05, 0.1) is 12.1 Å². The van der Waals surface area contributed by atoms with Gasteiger partial charge >= 0.3 is 0 Å². The number of nitrogens with zero attached hydrogens (tertiary/aromatic N) is 2. The van der Waals surface area contributed by atoms with E-state index in [2.05, 4.69) is 0 Å². The van der Waals surface area contributed by atoms with Gasteiger partial charge in [-0.15, -0.1) is 0 Å². The van der Waals surface area contributed by atoms with Gasteiger partial charge in [0.1, 0.15) is 11.5 Å². The minimum atomic E-state index is -3.50. The predicted octanol–water partition coefficient (Wildman–Crippen LogP) is 2.47. The molecule has 1 aromatic rings. The van der Waals surface area contributed by atoms with E-state index in [1.54, 1.807) is 8.61 Å². The van der Waals surface area contributed by atoms with Crippen LogP contribution in [0.5, 0.6) is 0 Å². The molecule has 23 heavy (non-hydrogen) atoms. The van der Waals surface area contributed by atoms with Crippen LogP contribution < -0.4 is 0 Å². The van der Waals surface area contributed by atoms with Gasteiger partial charge in [0, 0.05) is 26.2 Å². The molecule has 0 aliphatic carbocycles. The summed E-state index contributed by atoms with van der Waals surface area (Å²) in [5, 5.41) is 0. The van der Waals surface area contributed by atoms with Crippen LogP contribution in [0, 0.1) is 6.92 Å². The second kappa shape index (κ2) is 6.93. The fraction of sp³-hybridized carbons (Fsp3) is 0.750. The quantitative estimate of drug-likeness (QED) is 0.797. The summed E-state index contributed by atoms with van der Waals surface area (Å²) in [7, 11) is -3.50. The summed E-state index contributed by atoms with van der Waals surface area (Å²) in [6.45, 7) is 5.96. The largest absolute Gasteiger partial charge is 0.465 e. The molecule has 130 valence electrons. The Kier molecular flexibility index (Phi) is 5.10. The van der Waals surface area contributed by atoms with Crippen LogP contribution in [0.4, 0.5) is 0 Å². The molecule has 2 aliphatic rings. The highest BCUT2D eigenvalue weighted by molar-refractivity contribution is 7.86. The van der Waals surface area contributed by atoms with Gasteiger partial charge in [0.2, 0.25) is 0 Å². The van der Waals surface area contributed by atoms with Crippen molar-refractivity contribution in [1.82, 2.24) is 8.61 Å². The second-order valence-corrected chi connectivity index (χ2v) is 8.19. The van der Waals surface area contributed by atoms with Crippen LogP contribution >= 0.6 is 0 Å². The summed E-state index contributed by atoms with van der Waals surface area (Å²) in [6, 6.07) is 3.60. The van der Waals surface area contributed by atoms with Gasteiger partial charge in [-0.1, -0.05) is 6.92 Å². The first-order valence-corrected chi connectivity index (χ1v) is 9.87. The number of hydrogen-bond acceptors (Lipinski definition) is 4. The number of likely N-dealkylation sites (N-methyl/N-ethyl adjacent to an activating group) is 1. The topological polar surface area (TPSA) is 63.0 Å². The van der Waals surface area contributed by atoms with Gasteiger partial charge in [0.15, 0.2) is 0 Å². The Morgan fingerprint density at radius 2 is 2.13 bits per heavy atom. The van der Waals surface area contributed by atoms with Crippen LogP contribution in [0.25, 0.3) is 0 Å². The molecule has 1 aromatic heterocycles. The van der Waals surface area contributed by atoms with E-state index in [1.165, 1.54) is 0 Å². The summed E-state index contributed by atoms with van der Waals surface area (Å²) in [4.78, 5) is 0. The van der Waals surface area contributed by atoms with E-state index < -0.39 is 10.2 Å². The zero-order valence-electron chi connectivity index (χ0n) is 13.9. The third kappa shape index (κ3) is 3.47. The van der Waals surface area contributed by atoms with E-state index in [9.17, 15) is 8.42 Å². The number of ether oxygens (including phenoxy) is 1. The normalized spacial score (nSPS) is 26.4. The minimum absolute atomic E-state index is 0.0247. The van der Waals surface area contributed by atoms with Gasteiger partial charge < -0.3 is 9.15 Å². The summed E-state index contributed by atoms with van der Waals surface area (Å²) >= 11 is 0. The summed E-state index contributed by atoms with van der Waals surface area (Å²) in [5.74, 6) is 1.56. The Balaban J connectivity index is 1.78. The standard InChI is InChI=1S/C16H26N2O4S/c1-3-17(12-14-6-5-11-21-14)23(19,20)18-10-4-7-15(18)16-9-8-13(2)22-16/h8-9,14-15H,3-7,10-12H2,1-2H3/t14-,15+/m0/s1. The minimum Gasteiger partial charge on any atom is -0.465 e. The van der Waals surface area contributed by atoms with Crippen LogP contribution in [0.1, 0.15) is 50.2 Å². The summed E-state index contributed by atoms with van der Waals surface area (Å²) < 4.78 is 40.7. The van der Waals surface area contributed by atoms with E-state index in [1.807, 2.05) is 26.0 Å². The van der Waals surface area contributed by atoms with Crippen molar-refractivity contribution in [3.8, 4) is 0 Å². The fourth-order valence-corrected chi connectivity index (χ4v) is 5.35. The molecule has 2 saturated heterocycles. The maximum Gasteiger partial charge on any atom is 0.282 e. The molecule has 0 amide bonds. The van der Waals surface area contributed by atoms with Gasteiger partial charge in [-0.2, -0.15) is 17.0 Å². The molecule has 6 nitrogen and oxygen atoms in total. The Bertz CT molecular complexity index is 622. The maximum atomic E-state index is 13.1. The molecule has 0 radical (unpaired) electrons. The molecule has 0 unspecified atom stereocenters. The van der Waals surface area contributed by atoms with Gasteiger partial charge in [-0.25, -0.2) is 0 Å². The molecular weight excluding hydrogens is 316 g/mol. The Labute approximate surface area is 138 Å². The molecule has 0 bridgehead atoms. The van der Waals surface area contributed by atoms with E-state index in [0.29, 0.717) is 19.6 Å². The third-order valence-electron chi connectivity index (χ3n) is 4.70. The Morgan fingerprint density at radius 3 is 2.74 bits per heavy atom. The second-order valence-electron chi connectivity index (χ2n) is 6.31. The molecular formula is C16H26N2O4S. The SMILES string of the molecule is CCN(C[C@@H]1CCCO1)S(=O)(=O)N1CCC[C@@H]1c1ccc(C)o1. The Morgan fingerprint density at radius 1 is 1.30 bits per heavy atom. The fourth-order valence-electron chi connectivity index (χ4n) is 3.48. The molecule has 0 spiro atoms. The lowest BCUT2D eigenvalue weighted by Crippen LogP contribution is -2.46. The van der Waals surface area contributed by atoms with Crippen LogP contribution in [0.15, 0.2) is 16.5 Å². The van der Waals surface area contributed by atoms with E-state index in [-0.39, 0.29) is 12.1 Å². The highest BCUT2D eigenvalue weighted by Gasteiger charge is 2.40. The molecule has 2 fully saturated rings. The zero-order valence-corrected chi connectivity index (χ0v) is 14.7. The molecule has 2 aliphatic heterocycles. The van der Waals surface area contributed by atoms with Crippen LogP contribution in [-0.4, -0.2) is 49.4 Å². The number of aryl methyl sites for hydroxylation is 1. The van der Waals surface area contributed by atoms with Crippen LogP contribution in [0.3, 0.4) is 0 Å². The molecule has 3 rings (SSSR count). The summed E-state index contributed by atoms with van der Waals surface area (Å²) in [5.41, 5.74) is 0. The maximum absolute atomic E-state index is 13.1. The molecule has 0 aromatic carbocycles. The van der Waals surface area contributed by atoms with Crippen molar-refractivity contribution in [2.24, 2.45) is 0 Å². The first kappa shape index (κ1) is 17.0. The Hall–Kier alpha value is -0.890. The van der Waals surface area contributed by atoms with Crippen LogP contribution in [0.2, 0.25) is 0 Å². The lowest BCUT2D eigenvalue weighted by atomic mass is 10.2. The van der Waals surface area contributed by atoms with Crippen LogP contribution in [-0.2, 0) is 14.9 Å². The third-order valence-corrected chi connectivity index (χ3v) is 6.79. The monoisotopic (exact) mass is 342 g/mol. The molecule has 0 N–H and O–H groups in total. The first-order valence-electron chi connectivity index (χ1n) is 8.47. The predicted molar refractivity (Wildman–Crippen MR) is 87.3 cm³/mol. The average molecular weight is 342 g/mol. The van der Waals surface area contributed by atoms with Gasteiger partial charge in [-0.05, 0) is 44.7 Å². The van der Waals surface area contributed by atoms with Crippen molar-refractivity contribution in [3.63, 3.8) is 0 Å². The summed E-state index contributed by atoms with van der Waals surface area (Å²) in [6.07, 6.45) is 3.65. The number of hydrogen-bond donors (Lipinski definition) is 0. The molecule has 3 heterocycles. The molecule has 0 saturated carbocycles. The number of furan rings is 1. The highest BCUT2D eigenvalue weighted by Crippen LogP contribution is 2.36. The van der Waals surface area contributed by atoms with Crippen molar-refractivity contribution < 1.29 is 17.6 Å². The van der Waals surface area contributed by atoms with Crippen molar-refractivity contribution >= 4 is 10.2 Å². The first-order chi connectivity index (χ1) is 11.0. The van der Waals surface area contributed by atoms with Crippen molar-refractivity contribution in [2.75, 3.05) is 26.2 Å².